The molecule has 1 heterocycles. The standard InChI is InChI=1S/C10H22N2O3/c13-6-1-10(15-8-7-14)9-12-4-2-11-3-5-12/h10-11,13-14H,1-9H2. The van der Waals surface area contributed by atoms with E-state index in [0.29, 0.717) is 13.0 Å². The monoisotopic (exact) mass is 218 g/mol. The van der Waals surface area contributed by atoms with Gasteiger partial charge >= 0.3 is 0 Å². The van der Waals surface area contributed by atoms with Crippen LogP contribution in [0.5, 0.6) is 0 Å². The molecule has 3 N–H and O–H groups in total. The molecule has 1 unspecified atom stereocenters. The predicted molar refractivity (Wildman–Crippen MR) is 57.8 cm³/mol. The number of nitrogens with one attached hydrogen (secondary N) is 1. The summed E-state index contributed by atoms with van der Waals surface area (Å²) in [6.45, 7) is 5.50. The van der Waals surface area contributed by atoms with Gasteiger partial charge in [0, 0.05) is 39.3 Å². The Morgan fingerprint density at radius 3 is 2.53 bits per heavy atom. The van der Waals surface area contributed by atoms with Crippen LogP contribution in [0.3, 0.4) is 0 Å². The van der Waals surface area contributed by atoms with Gasteiger partial charge in [-0.3, -0.25) is 4.90 Å². The molecule has 1 aliphatic heterocycles. The van der Waals surface area contributed by atoms with E-state index in [1.807, 2.05) is 0 Å². The van der Waals surface area contributed by atoms with Gasteiger partial charge in [0.1, 0.15) is 0 Å². The Hall–Kier alpha value is -0.200. The number of ether oxygens (including phenoxy) is 1. The molecule has 0 aliphatic carbocycles. The van der Waals surface area contributed by atoms with Crippen LogP contribution in [0.25, 0.3) is 0 Å². The molecule has 0 amide bonds. The molecule has 0 bridgehead atoms. The normalized spacial score (nSPS) is 20.4. The van der Waals surface area contributed by atoms with Crippen LogP contribution < -0.4 is 5.32 Å². The Balaban J connectivity index is 2.21. The van der Waals surface area contributed by atoms with Gasteiger partial charge in [0.05, 0.1) is 19.3 Å². The topological polar surface area (TPSA) is 65.0 Å². The van der Waals surface area contributed by atoms with E-state index in [1.165, 1.54) is 0 Å². The lowest BCUT2D eigenvalue weighted by atomic mass is 10.2. The lowest BCUT2D eigenvalue weighted by Crippen LogP contribution is -2.47. The quantitative estimate of drug-likeness (QED) is 0.493. The molecule has 1 atom stereocenters. The Morgan fingerprint density at radius 1 is 1.20 bits per heavy atom. The van der Waals surface area contributed by atoms with E-state index in [4.69, 9.17) is 14.9 Å². The second-order valence-corrected chi connectivity index (χ2v) is 3.78. The number of rotatable bonds is 7. The third kappa shape index (κ3) is 5.44. The Bertz CT molecular complexity index is 152. The molecule has 1 saturated heterocycles. The van der Waals surface area contributed by atoms with E-state index in [2.05, 4.69) is 10.2 Å². The second kappa shape index (κ2) is 8.01. The van der Waals surface area contributed by atoms with Crippen molar-refractivity contribution in [1.82, 2.24) is 10.2 Å². The summed E-state index contributed by atoms with van der Waals surface area (Å²) in [7, 11) is 0. The Kier molecular flexibility index (Phi) is 6.87. The van der Waals surface area contributed by atoms with E-state index < -0.39 is 0 Å². The van der Waals surface area contributed by atoms with Crippen LogP contribution in [0.1, 0.15) is 6.42 Å². The highest BCUT2D eigenvalue weighted by Crippen LogP contribution is 2.03. The molecule has 1 fully saturated rings. The minimum atomic E-state index is 0.0419. The predicted octanol–water partition coefficient (Wildman–Crippen LogP) is -1.35. The minimum absolute atomic E-state index is 0.0419. The zero-order valence-corrected chi connectivity index (χ0v) is 9.19. The summed E-state index contributed by atoms with van der Waals surface area (Å²) in [5.74, 6) is 0. The number of nitrogens with zero attached hydrogens (tertiary/aromatic N) is 1. The molecule has 0 aromatic heterocycles. The molecule has 1 rings (SSSR count). The molecule has 1 aliphatic rings. The van der Waals surface area contributed by atoms with Gasteiger partial charge in [-0.15, -0.1) is 0 Å². The van der Waals surface area contributed by atoms with Gasteiger partial charge in [-0.05, 0) is 6.42 Å². The SMILES string of the molecule is OCCOC(CCO)CN1CCNCC1. The zero-order valence-electron chi connectivity index (χ0n) is 9.19. The van der Waals surface area contributed by atoms with Crippen molar-refractivity contribution in [2.45, 2.75) is 12.5 Å². The first-order chi connectivity index (χ1) is 7.36. The van der Waals surface area contributed by atoms with E-state index in [9.17, 15) is 0 Å². The largest absolute Gasteiger partial charge is 0.396 e. The van der Waals surface area contributed by atoms with Gasteiger partial charge in [-0.25, -0.2) is 0 Å². The van der Waals surface area contributed by atoms with Gasteiger partial charge in [-0.1, -0.05) is 0 Å². The molecular formula is C10H22N2O3. The van der Waals surface area contributed by atoms with Crippen molar-refractivity contribution < 1.29 is 14.9 Å². The Labute approximate surface area is 91.0 Å². The summed E-state index contributed by atoms with van der Waals surface area (Å²) < 4.78 is 5.46. The smallest absolute Gasteiger partial charge is 0.0725 e. The van der Waals surface area contributed by atoms with Crippen LogP contribution in [-0.4, -0.2) is 73.8 Å². The third-order valence-electron chi connectivity index (χ3n) is 2.57. The first-order valence-electron chi connectivity index (χ1n) is 5.63. The lowest BCUT2D eigenvalue weighted by Gasteiger charge is -2.30. The van der Waals surface area contributed by atoms with Crippen molar-refractivity contribution in [3.8, 4) is 0 Å². The second-order valence-electron chi connectivity index (χ2n) is 3.78. The average molecular weight is 218 g/mol. The van der Waals surface area contributed by atoms with Gasteiger partial charge in [0.2, 0.25) is 0 Å². The molecule has 5 heteroatoms. The molecule has 0 spiro atoms. The van der Waals surface area contributed by atoms with Gasteiger partial charge < -0.3 is 20.3 Å². The highest BCUT2D eigenvalue weighted by Gasteiger charge is 2.16. The molecule has 0 saturated carbocycles. The minimum Gasteiger partial charge on any atom is -0.396 e. The number of aliphatic hydroxyl groups is 2. The summed E-state index contributed by atoms with van der Waals surface area (Å²) in [6, 6.07) is 0. The summed E-state index contributed by atoms with van der Waals surface area (Å²) in [5, 5.41) is 20.9. The number of piperazine rings is 1. The molecule has 0 aromatic rings. The van der Waals surface area contributed by atoms with Crippen LogP contribution in [0.2, 0.25) is 0 Å². The summed E-state index contributed by atoms with van der Waals surface area (Å²) in [4.78, 5) is 2.33. The first-order valence-corrected chi connectivity index (χ1v) is 5.63. The van der Waals surface area contributed by atoms with E-state index in [0.717, 1.165) is 32.7 Å². The van der Waals surface area contributed by atoms with Gasteiger partial charge in [-0.2, -0.15) is 0 Å². The van der Waals surface area contributed by atoms with Crippen molar-refractivity contribution >= 4 is 0 Å². The summed E-state index contributed by atoms with van der Waals surface area (Å²) >= 11 is 0. The molecule has 5 nitrogen and oxygen atoms in total. The molecule has 90 valence electrons. The van der Waals surface area contributed by atoms with E-state index in [-0.39, 0.29) is 19.3 Å². The maximum atomic E-state index is 8.89. The molecular weight excluding hydrogens is 196 g/mol. The lowest BCUT2D eigenvalue weighted by molar-refractivity contribution is -0.00593. The number of hydrogen-bond acceptors (Lipinski definition) is 5. The molecule has 0 aromatic carbocycles. The fourth-order valence-corrected chi connectivity index (χ4v) is 1.77. The van der Waals surface area contributed by atoms with Crippen molar-refractivity contribution in [3.63, 3.8) is 0 Å². The van der Waals surface area contributed by atoms with Gasteiger partial charge in [0.15, 0.2) is 0 Å². The van der Waals surface area contributed by atoms with Crippen molar-refractivity contribution in [2.24, 2.45) is 0 Å². The van der Waals surface area contributed by atoms with Crippen molar-refractivity contribution in [1.29, 1.82) is 0 Å². The third-order valence-corrected chi connectivity index (χ3v) is 2.57. The van der Waals surface area contributed by atoms with E-state index in [1.54, 1.807) is 0 Å². The average Bonchev–Trinajstić information content (AvgIpc) is 2.28. The molecule has 0 radical (unpaired) electrons. The van der Waals surface area contributed by atoms with Crippen LogP contribution in [0.15, 0.2) is 0 Å². The highest BCUT2D eigenvalue weighted by atomic mass is 16.5. The van der Waals surface area contributed by atoms with Crippen LogP contribution in [-0.2, 0) is 4.74 Å². The van der Waals surface area contributed by atoms with Crippen molar-refractivity contribution in [3.05, 3.63) is 0 Å². The van der Waals surface area contributed by atoms with Crippen LogP contribution in [0, 0.1) is 0 Å². The fourth-order valence-electron chi connectivity index (χ4n) is 1.77. The summed E-state index contributed by atoms with van der Waals surface area (Å²) in [5.41, 5.74) is 0. The summed E-state index contributed by atoms with van der Waals surface area (Å²) in [6.07, 6.45) is 0.685. The highest BCUT2D eigenvalue weighted by molar-refractivity contribution is 4.71. The zero-order chi connectivity index (χ0) is 10.9. The number of aliphatic hydroxyl groups excluding tert-OH is 2. The maximum Gasteiger partial charge on any atom is 0.0725 e. The maximum absolute atomic E-state index is 8.89. The van der Waals surface area contributed by atoms with E-state index >= 15 is 0 Å². The van der Waals surface area contributed by atoms with Crippen molar-refractivity contribution in [2.75, 3.05) is 52.5 Å². The van der Waals surface area contributed by atoms with Gasteiger partial charge in [0.25, 0.3) is 0 Å². The fraction of sp³-hybridized carbons (Fsp3) is 1.00. The first kappa shape index (κ1) is 12.9. The van der Waals surface area contributed by atoms with Crippen LogP contribution >= 0.6 is 0 Å². The molecule has 15 heavy (non-hydrogen) atoms. The Morgan fingerprint density at radius 2 is 1.93 bits per heavy atom. The van der Waals surface area contributed by atoms with Crippen LogP contribution in [0.4, 0.5) is 0 Å². The number of hydrogen-bond donors (Lipinski definition) is 3.